The summed E-state index contributed by atoms with van der Waals surface area (Å²) in [5, 5.41) is 5.69. The molecule has 1 heterocycles. The van der Waals surface area contributed by atoms with E-state index in [1.807, 2.05) is 67.6 Å². The first-order chi connectivity index (χ1) is 14.5. The second kappa shape index (κ2) is 9.16. The number of hydrogen-bond donors (Lipinski definition) is 0. The van der Waals surface area contributed by atoms with Crippen molar-refractivity contribution in [3.63, 3.8) is 0 Å². The van der Waals surface area contributed by atoms with Crippen LogP contribution in [0.5, 0.6) is 0 Å². The summed E-state index contributed by atoms with van der Waals surface area (Å²) in [4.78, 5) is 19.8. The second-order valence-corrected chi connectivity index (χ2v) is 9.03. The van der Waals surface area contributed by atoms with Crippen LogP contribution in [0.15, 0.2) is 90.9 Å². The van der Waals surface area contributed by atoms with E-state index in [0.29, 0.717) is 23.1 Å². The third kappa shape index (κ3) is 4.67. The van der Waals surface area contributed by atoms with Crippen molar-refractivity contribution < 1.29 is 0 Å². The fourth-order valence-electron chi connectivity index (χ4n) is 2.93. The van der Waals surface area contributed by atoms with Crippen LogP contribution in [-0.4, -0.2) is 15.9 Å². The monoisotopic (exact) mass is 497 g/mol. The van der Waals surface area contributed by atoms with Crippen molar-refractivity contribution >= 4 is 56.4 Å². The molecule has 0 aliphatic heterocycles. The van der Waals surface area contributed by atoms with Gasteiger partial charge in [0.2, 0.25) is 0 Å². The lowest BCUT2D eigenvalue weighted by atomic mass is 10.2. The molecular formula is C23H17BrClN3OS. The summed E-state index contributed by atoms with van der Waals surface area (Å²) >= 11 is 11.0. The van der Waals surface area contributed by atoms with Gasteiger partial charge in [0.05, 0.1) is 17.1 Å². The van der Waals surface area contributed by atoms with E-state index in [2.05, 4.69) is 26.0 Å². The third-order valence-electron chi connectivity index (χ3n) is 4.44. The number of halogens is 2. The van der Waals surface area contributed by atoms with Crippen molar-refractivity contribution in [3.05, 3.63) is 98.0 Å². The molecule has 4 aromatic rings. The number of fused-ring (bicyclic) bond motifs is 1. The maximum absolute atomic E-state index is 12.9. The Kier molecular flexibility index (Phi) is 6.37. The van der Waals surface area contributed by atoms with Crippen LogP contribution in [0.4, 0.5) is 0 Å². The molecule has 0 N–H and O–H groups in total. The van der Waals surface area contributed by atoms with Crippen molar-refractivity contribution in [2.45, 2.75) is 23.1 Å². The predicted octanol–water partition coefficient (Wildman–Crippen LogP) is 6.41. The first kappa shape index (κ1) is 20.8. The Balaban J connectivity index is 1.60. The van der Waals surface area contributed by atoms with Gasteiger partial charge in [0, 0.05) is 25.7 Å². The Bertz CT molecular complexity index is 1290. The summed E-state index contributed by atoms with van der Waals surface area (Å²) in [6, 6.07) is 21.2. The summed E-state index contributed by atoms with van der Waals surface area (Å²) in [6.07, 6.45) is 2.29. The molecule has 1 aromatic heterocycles. The van der Waals surface area contributed by atoms with Gasteiger partial charge >= 0.3 is 0 Å². The summed E-state index contributed by atoms with van der Waals surface area (Å²) < 4.78 is 2.22. The Morgan fingerprint density at radius 2 is 1.73 bits per heavy atom. The van der Waals surface area contributed by atoms with Crippen LogP contribution in [0, 0.1) is 0 Å². The third-order valence-corrected chi connectivity index (χ3v) is 6.20. The molecule has 0 atom stereocenters. The molecule has 0 fully saturated rings. The highest BCUT2D eigenvalue weighted by Crippen LogP contribution is 2.28. The molecule has 0 aliphatic rings. The van der Waals surface area contributed by atoms with E-state index in [1.54, 1.807) is 24.0 Å². The van der Waals surface area contributed by atoms with Gasteiger partial charge in [-0.1, -0.05) is 58.3 Å². The number of rotatable bonds is 5. The van der Waals surface area contributed by atoms with E-state index in [1.165, 1.54) is 4.68 Å². The molecule has 0 unspecified atom stereocenters. The zero-order chi connectivity index (χ0) is 21.1. The van der Waals surface area contributed by atoms with Gasteiger partial charge < -0.3 is 0 Å². The van der Waals surface area contributed by atoms with Gasteiger partial charge in [0.15, 0.2) is 0 Å². The maximum Gasteiger partial charge on any atom is 0.282 e. The standard InChI is InChI=1S/C23H17BrClN3OS/c1-2-22-27-21-12-5-16(24)13-20(21)23(29)28(22)26-14-15-3-8-18(9-4-15)30-19-10-6-17(25)7-11-19/h3-14H,2H2,1H3. The number of benzene rings is 3. The van der Waals surface area contributed by atoms with Crippen molar-refractivity contribution in [2.24, 2.45) is 5.10 Å². The fraction of sp³-hybridized carbons (Fsp3) is 0.0870. The second-order valence-electron chi connectivity index (χ2n) is 6.53. The van der Waals surface area contributed by atoms with Gasteiger partial charge in [0.25, 0.3) is 5.56 Å². The molecule has 3 aromatic carbocycles. The van der Waals surface area contributed by atoms with Gasteiger partial charge in [-0.2, -0.15) is 9.78 Å². The van der Waals surface area contributed by atoms with Crippen LogP contribution in [0.3, 0.4) is 0 Å². The minimum absolute atomic E-state index is 0.177. The molecule has 0 aliphatic carbocycles. The van der Waals surface area contributed by atoms with Crippen molar-refractivity contribution in [1.82, 2.24) is 9.66 Å². The van der Waals surface area contributed by atoms with E-state index < -0.39 is 0 Å². The number of nitrogens with zero attached hydrogens (tertiary/aromatic N) is 3. The molecule has 4 rings (SSSR count). The number of aromatic nitrogens is 2. The molecule has 4 nitrogen and oxygen atoms in total. The molecule has 0 spiro atoms. The van der Waals surface area contributed by atoms with Gasteiger partial charge in [-0.25, -0.2) is 4.98 Å². The highest BCUT2D eigenvalue weighted by atomic mass is 79.9. The van der Waals surface area contributed by atoms with E-state index in [-0.39, 0.29) is 5.56 Å². The molecule has 0 amide bonds. The molecule has 7 heteroatoms. The normalized spacial score (nSPS) is 11.4. The summed E-state index contributed by atoms with van der Waals surface area (Å²) in [6.45, 7) is 1.96. The average Bonchev–Trinajstić information content (AvgIpc) is 2.76. The van der Waals surface area contributed by atoms with E-state index in [0.717, 1.165) is 24.8 Å². The molecule has 30 heavy (non-hydrogen) atoms. The van der Waals surface area contributed by atoms with Gasteiger partial charge in [-0.05, 0) is 60.2 Å². The van der Waals surface area contributed by atoms with Crippen molar-refractivity contribution in [3.8, 4) is 0 Å². The molecule has 0 bridgehead atoms. The summed E-state index contributed by atoms with van der Waals surface area (Å²) in [7, 11) is 0. The van der Waals surface area contributed by atoms with Crippen LogP contribution >= 0.6 is 39.3 Å². The largest absolute Gasteiger partial charge is 0.282 e. The van der Waals surface area contributed by atoms with Crippen LogP contribution in [0.2, 0.25) is 5.02 Å². The average molecular weight is 499 g/mol. The Morgan fingerprint density at radius 3 is 2.40 bits per heavy atom. The first-order valence-electron chi connectivity index (χ1n) is 9.32. The molecule has 0 radical (unpaired) electrons. The Morgan fingerprint density at radius 1 is 1.07 bits per heavy atom. The fourth-order valence-corrected chi connectivity index (χ4v) is 4.23. The van der Waals surface area contributed by atoms with E-state index >= 15 is 0 Å². The number of hydrogen-bond acceptors (Lipinski definition) is 4. The molecule has 0 saturated heterocycles. The van der Waals surface area contributed by atoms with Gasteiger partial charge in [0.1, 0.15) is 5.82 Å². The summed E-state index contributed by atoms with van der Waals surface area (Å²) in [5.41, 5.74) is 1.40. The first-order valence-corrected chi connectivity index (χ1v) is 11.3. The molecule has 0 saturated carbocycles. The van der Waals surface area contributed by atoms with E-state index in [9.17, 15) is 4.79 Å². The quantitative estimate of drug-likeness (QED) is 0.299. The Hall–Kier alpha value is -2.41. The smallest absolute Gasteiger partial charge is 0.267 e. The van der Waals surface area contributed by atoms with Crippen LogP contribution in [-0.2, 0) is 6.42 Å². The van der Waals surface area contributed by atoms with Crippen molar-refractivity contribution in [1.29, 1.82) is 0 Å². The van der Waals surface area contributed by atoms with Crippen LogP contribution in [0.25, 0.3) is 10.9 Å². The SMILES string of the molecule is CCc1nc2ccc(Br)cc2c(=O)n1N=Cc1ccc(Sc2ccc(Cl)cc2)cc1. The zero-order valence-electron chi connectivity index (χ0n) is 16.0. The van der Waals surface area contributed by atoms with Crippen LogP contribution in [0.1, 0.15) is 18.3 Å². The lowest BCUT2D eigenvalue weighted by Crippen LogP contribution is -2.22. The minimum atomic E-state index is -0.177. The lowest BCUT2D eigenvalue weighted by Gasteiger charge is -2.08. The maximum atomic E-state index is 12.9. The summed E-state index contributed by atoms with van der Waals surface area (Å²) in [5.74, 6) is 0.626. The van der Waals surface area contributed by atoms with Gasteiger partial charge in [-0.15, -0.1) is 0 Å². The highest BCUT2D eigenvalue weighted by Gasteiger charge is 2.09. The van der Waals surface area contributed by atoms with Gasteiger partial charge in [-0.3, -0.25) is 4.79 Å². The Labute approximate surface area is 191 Å². The lowest BCUT2D eigenvalue weighted by molar-refractivity contribution is 0.734. The van der Waals surface area contributed by atoms with E-state index in [4.69, 9.17) is 11.6 Å². The van der Waals surface area contributed by atoms with Crippen molar-refractivity contribution in [2.75, 3.05) is 0 Å². The molecular weight excluding hydrogens is 482 g/mol. The highest BCUT2D eigenvalue weighted by molar-refractivity contribution is 9.10. The van der Waals surface area contributed by atoms with Crippen LogP contribution < -0.4 is 5.56 Å². The topological polar surface area (TPSA) is 47.2 Å². The number of aryl methyl sites for hydroxylation is 1. The predicted molar refractivity (Wildman–Crippen MR) is 128 cm³/mol. The minimum Gasteiger partial charge on any atom is -0.267 e. The molecule has 150 valence electrons. The zero-order valence-corrected chi connectivity index (χ0v) is 19.2.